The number of carbonyl (C=O) groups excluding carboxylic acids is 2. The fourth-order valence-electron chi connectivity index (χ4n) is 4.55. The highest BCUT2D eigenvalue weighted by molar-refractivity contribution is 5.87. The third kappa shape index (κ3) is 4.85. The van der Waals surface area contributed by atoms with Gasteiger partial charge < -0.3 is 19.5 Å². The first kappa shape index (κ1) is 24.6. The summed E-state index contributed by atoms with van der Waals surface area (Å²) in [5.41, 5.74) is 2.47. The monoisotopic (exact) mass is 482 g/mol. The average molecular weight is 483 g/mol. The number of hydrogen-bond acceptors (Lipinski definition) is 6. The van der Waals surface area contributed by atoms with Crippen LogP contribution in [-0.2, 0) is 16.0 Å². The SMILES string of the molecule is C=CC(=O)N1CCOc2nn(-c3ccc(C(C)C)cc3O)c3c2[C@H](C1)N(C(=O)OC(C)(C)C)CC3. The Labute approximate surface area is 205 Å². The highest BCUT2D eigenvalue weighted by atomic mass is 16.6. The first-order valence-corrected chi connectivity index (χ1v) is 12.0. The van der Waals surface area contributed by atoms with Gasteiger partial charge in [0.25, 0.3) is 0 Å². The normalized spacial score (nSPS) is 17.8. The van der Waals surface area contributed by atoms with E-state index in [1.165, 1.54) is 6.08 Å². The molecule has 1 N–H and O–H groups in total. The summed E-state index contributed by atoms with van der Waals surface area (Å²) in [5, 5.41) is 15.5. The zero-order chi connectivity index (χ0) is 25.5. The molecular formula is C26H34N4O5. The van der Waals surface area contributed by atoms with E-state index in [1.807, 2.05) is 32.9 Å². The molecule has 0 bridgehead atoms. The van der Waals surface area contributed by atoms with Crippen molar-refractivity contribution in [2.75, 3.05) is 26.2 Å². The Morgan fingerprint density at radius 3 is 2.66 bits per heavy atom. The molecule has 3 heterocycles. The van der Waals surface area contributed by atoms with Crippen LogP contribution in [0.5, 0.6) is 11.6 Å². The van der Waals surface area contributed by atoms with Gasteiger partial charge in [-0.05, 0) is 50.5 Å². The minimum atomic E-state index is -0.664. The molecule has 0 saturated heterocycles. The summed E-state index contributed by atoms with van der Waals surface area (Å²) in [7, 11) is 0. The lowest BCUT2D eigenvalue weighted by atomic mass is 9.97. The number of phenolic OH excluding ortho intramolecular Hbond substituents is 1. The van der Waals surface area contributed by atoms with Crippen molar-refractivity contribution in [2.24, 2.45) is 0 Å². The smallest absolute Gasteiger partial charge is 0.410 e. The molecule has 2 aromatic rings. The van der Waals surface area contributed by atoms with Gasteiger partial charge in [-0.25, -0.2) is 9.48 Å². The number of hydrogen-bond donors (Lipinski definition) is 1. The molecule has 0 aliphatic carbocycles. The number of aromatic nitrogens is 2. The van der Waals surface area contributed by atoms with Crippen molar-refractivity contribution in [3.63, 3.8) is 0 Å². The van der Waals surface area contributed by atoms with Crippen molar-refractivity contribution < 1.29 is 24.2 Å². The van der Waals surface area contributed by atoms with E-state index in [-0.39, 0.29) is 30.7 Å². The number of aromatic hydroxyl groups is 1. The van der Waals surface area contributed by atoms with Crippen LogP contribution in [0.2, 0.25) is 0 Å². The lowest BCUT2D eigenvalue weighted by Gasteiger charge is -2.40. The summed E-state index contributed by atoms with van der Waals surface area (Å²) in [6.45, 7) is 14.4. The summed E-state index contributed by atoms with van der Waals surface area (Å²) >= 11 is 0. The lowest BCUT2D eigenvalue weighted by Crippen LogP contribution is -2.49. The van der Waals surface area contributed by atoms with Gasteiger partial charge in [0.05, 0.1) is 23.8 Å². The highest BCUT2D eigenvalue weighted by Crippen LogP contribution is 2.41. The summed E-state index contributed by atoms with van der Waals surface area (Å²) in [6, 6.07) is 5.07. The number of carbonyl (C=O) groups is 2. The molecule has 0 unspecified atom stereocenters. The third-order valence-electron chi connectivity index (χ3n) is 6.29. The number of ether oxygens (including phenoxy) is 2. The van der Waals surface area contributed by atoms with Gasteiger partial charge >= 0.3 is 6.09 Å². The fraction of sp³-hybridized carbons (Fsp3) is 0.500. The van der Waals surface area contributed by atoms with Gasteiger partial charge in [-0.2, -0.15) is 0 Å². The maximum absolute atomic E-state index is 13.2. The summed E-state index contributed by atoms with van der Waals surface area (Å²) in [5.74, 6) is 0.561. The van der Waals surface area contributed by atoms with E-state index >= 15 is 0 Å². The number of benzene rings is 1. The Morgan fingerprint density at radius 1 is 1.29 bits per heavy atom. The van der Waals surface area contributed by atoms with Crippen molar-refractivity contribution >= 4 is 12.0 Å². The van der Waals surface area contributed by atoms with Crippen molar-refractivity contribution in [3.8, 4) is 17.3 Å². The van der Waals surface area contributed by atoms with Crippen LogP contribution in [0.15, 0.2) is 30.9 Å². The number of nitrogens with zero attached hydrogens (tertiary/aromatic N) is 4. The van der Waals surface area contributed by atoms with Crippen LogP contribution < -0.4 is 4.74 Å². The Kier molecular flexibility index (Phi) is 6.53. The van der Waals surface area contributed by atoms with E-state index < -0.39 is 17.7 Å². The molecule has 4 rings (SSSR count). The molecule has 0 spiro atoms. The minimum absolute atomic E-state index is 0.123. The van der Waals surface area contributed by atoms with Crippen molar-refractivity contribution in [3.05, 3.63) is 47.7 Å². The largest absolute Gasteiger partial charge is 0.506 e. The Morgan fingerprint density at radius 2 is 2.03 bits per heavy atom. The first-order valence-electron chi connectivity index (χ1n) is 12.0. The van der Waals surface area contributed by atoms with E-state index in [1.54, 1.807) is 20.5 Å². The van der Waals surface area contributed by atoms with Gasteiger partial charge in [-0.1, -0.05) is 26.5 Å². The first-order chi connectivity index (χ1) is 16.5. The van der Waals surface area contributed by atoms with E-state index in [2.05, 4.69) is 20.4 Å². The number of amides is 2. The van der Waals surface area contributed by atoms with Gasteiger partial charge in [0.15, 0.2) is 0 Å². The number of phenols is 1. The van der Waals surface area contributed by atoms with Crippen LogP contribution >= 0.6 is 0 Å². The van der Waals surface area contributed by atoms with Gasteiger partial charge in [0.1, 0.15) is 23.6 Å². The number of rotatable bonds is 3. The van der Waals surface area contributed by atoms with Crippen molar-refractivity contribution in [1.82, 2.24) is 19.6 Å². The van der Waals surface area contributed by atoms with Gasteiger partial charge in [0.2, 0.25) is 11.8 Å². The van der Waals surface area contributed by atoms with E-state index in [4.69, 9.17) is 14.6 Å². The molecule has 1 aromatic carbocycles. The second-order valence-corrected chi connectivity index (χ2v) is 10.3. The van der Waals surface area contributed by atoms with Crippen LogP contribution in [0, 0.1) is 0 Å². The zero-order valence-corrected chi connectivity index (χ0v) is 21.1. The van der Waals surface area contributed by atoms with Gasteiger partial charge in [0, 0.05) is 19.5 Å². The maximum Gasteiger partial charge on any atom is 0.410 e. The van der Waals surface area contributed by atoms with Crippen LogP contribution in [-0.4, -0.2) is 68.5 Å². The van der Waals surface area contributed by atoms with Gasteiger partial charge in [-0.15, -0.1) is 5.10 Å². The van der Waals surface area contributed by atoms with Crippen LogP contribution in [0.1, 0.15) is 63.4 Å². The minimum Gasteiger partial charge on any atom is -0.506 e. The molecule has 0 saturated carbocycles. The maximum atomic E-state index is 13.2. The lowest BCUT2D eigenvalue weighted by molar-refractivity contribution is -0.127. The molecule has 0 radical (unpaired) electrons. The van der Waals surface area contributed by atoms with Crippen molar-refractivity contribution in [2.45, 2.75) is 58.6 Å². The van der Waals surface area contributed by atoms with Crippen LogP contribution in [0.3, 0.4) is 0 Å². The second kappa shape index (κ2) is 9.28. The third-order valence-corrected chi connectivity index (χ3v) is 6.29. The van der Waals surface area contributed by atoms with E-state index in [9.17, 15) is 14.7 Å². The fourth-order valence-corrected chi connectivity index (χ4v) is 4.55. The Balaban J connectivity index is 1.81. The van der Waals surface area contributed by atoms with Crippen LogP contribution in [0.25, 0.3) is 5.69 Å². The Bertz CT molecular complexity index is 1150. The molecule has 9 nitrogen and oxygen atoms in total. The predicted molar refractivity (Wildman–Crippen MR) is 131 cm³/mol. The average Bonchev–Trinajstić information content (AvgIpc) is 3.13. The van der Waals surface area contributed by atoms with E-state index in [0.29, 0.717) is 31.1 Å². The molecule has 35 heavy (non-hydrogen) atoms. The van der Waals surface area contributed by atoms with Crippen molar-refractivity contribution in [1.29, 1.82) is 0 Å². The standard InChI is InChI=1S/C26H34N4O5/c1-7-22(32)28-12-13-34-24-23-19(10-11-29(20(23)15-28)25(33)35-26(4,5)6)30(27-24)18-9-8-17(16(2)3)14-21(18)31/h7-9,14,16,20,31H,1,10-13,15H2,2-6H3/t20-/m0/s1. The summed E-state index contributed by atoms with van der Waals surface area (Å²) < 4.78 is 13.4. The molecule has 1 atom stereocenters. The second-order valence-electron chi connectivity index (χ2n) is 10.3. The Hall–Kier alpha value is -3.49. The predicted octanol–water partition coefficient (Wildman–Crippen LogP) is 3.94. The van der Waals surface area contributed by atoms with E-state index in [0.717, 1.165) is 16.8 Å². The molecular weight excluding hydrogens is 448 g/mol. The van der Waals surface area contributed by atoms with Gasteiger partial charge in [-0.3, -0.25) is 9.69 Å². The molecule has 2 aliphatic rings. The molecule has 0 fully saturated rings. The molecule has 1 aromatic heterocycles. The van der Waals surface area contributed by atoms with Crippen LogP contribution in [0.4, 0.5) is 4.79 Å². The molecule has 2 aliphatic heterocycles. The molecule has 188 valence electrons. The highest BCUT2D eigenvalue weighted by Gasteiger charge is 2.41. The topological polar surface area (TPSA) is 97.1 Å². The zero-order valence-electron chi connectivity index (χ0n) is 21.1. The molecule has 9 heteroatoms. The quantitative estimate of drug-likeness (QED) is 0.666. The molecule has 2 amide bonds. The summed E-state index contributed by atoms with van der Waals surface area (Å²) in [4.78, 5) is 29.0. The summed E-state index contributed by atoms with van der Waals surface area (Å²) in [6.07, 6.45) is 1.30.